The highest BCUT2D eigenvalue weighted by atomic mass is 16.5. The predicted octanol–water partition coefficient (Wildman–Crippen LogP) is 6.86. The molecule has 1 N–H and O–H groups in total. The topological polar surface area (TPSA) is 82.7 Å². The molecule has 1 aromatic heterocycles. The smallest absolute Gasteiger partial charge is 0.331 e. The number of rotatable bonds is 25. The first-order chi connectivity index (χ1) is 20.1. The number of ether oxygens (including phenoxy) is 2. The van der Waals surface area contributed by atoms with E-state index in [0.717, 1.165) is 23.0 Å². The van der Waals surface area contributed by atoms with Gasteiger partial charge in [-0.3, -0.25) is 9.36 Å². The number of aromatic nitrogens is 2. The lowest BCUT2D eigenvalue weighted by molar-refractivity contribution is -0.0759. The van der Waals surface area contributed by atoms with Crippen molar-refractivity contribution >= 4 is 0 Å². The second-order valence-electron chi connectivity index (χ2n) is 11.3. The largest absolute Gasteiger partial charge is 0.395 e. The van der Waals surface area contributed by atoms with E-state index in [0.29, 0.717) is 26.2 Å². The van der Waals surface area contributed by atoms with Crippen LogP contribution in [0.25, 0.3) is 0 Å². The Bertz CT molecular complexity index is 1020. The first-order valence-electron chi connectivity index (χ1n) is 16.2. The lowest BCUT2D eigenvalue weighted by Crippen LogP contribution is -2.40. The maximum atomic E-state index is 12.5. The van der Waals surface area contributed by atoms with Crippen LogP contribution >= 0.6 is 0 Å². The Morgan fingerprint density at radius 1 is 0.756 bits per heavy atom. The first kappa shape index (κ1) is 35.0. The van der Waals surface area contributed by atoms with E-state index in [9.17, 15) is 9.59 Å². The molecule has 1 heterocycles. The number of aliphatic hydroxyl groups is 1. The Morgan fingerprint density at radius 2 is 1.37 bits per heavy atom. The molecule has 0 saturated heterocycles. The molecule has 0 saturated carbocycles. The zero-order chi connectivity index (χ0) is 29.5. The molecule has 7 nitrogen and oxygen atoms in total. The van der Waals surface area contributed by atoms with Crippen molar-refractivity contribution in [2.45, 2.75) is 142 Å². The molecule has 7 heteroatoms. The van der Waals surface area contributed by atoms with Gasteiger partial charge in [-0.25, -0.2) is 4.79 Å². The summed E-state index contributed by atoms with van der Waals surface area (Å²) in [5, 5.41) is 9.16. The number of unbranched alkanes of at least 4 members (excludes halogenated alkanes) is 12. The van der Waals surface area contributed by atoms with Crippen molar-refractivity contribution in [3.8, 4) is 0 Å². The predicted molar refractivity (Wildman–Crippen MR) is 167 cm³/mol. The first-order valence-corrected chi connectivity index (χ1v) is 16.2. The van der Waals surface area contributed by atoms with Crippen molar-refractivity contribution in [1.82, 2.24) is 9.13 Å². The third-order valence-electron chi connectivity index (χ3n) is 7.81. The van der Waals surface area contributed by atoms with Gasteiger partial charge in [0.1, 0.15) is 0 Å². The minimum Gasteiger partial charge on any atom is -0.395 e. The maximum absolute atomic E-state index is 12.5. The van der Waals surface area contributed by atoms with Crippen LogP contribution in [0.5, 0.6) is 0 Å². The van der Waals surface area contributed by atoms with Crippen molar-refractivity contribution in [3.05, 3.63) is 69.0 Å². The van der Waals surface area contributed by atoms with Crippen LogP contribution in [0.15, 0.2) is 52.2 Å². The number of aryl methyl sites for hydroxylation is 1. The highest BCUT2D eigenvalue weighted by Crippen LogP contribution is 2.18. The van der Waals surface area contributed by atoms with Crippen molar-refractivity contribution in [3.63, 3.8) is 0 Å². The second-order valence-corrected chi connectivity index (χ2v) is 11.3. The van der Waals surface area contributed by atoms with Crippen LogP contribution in [-0.2, 0) is 29.2 Å². The molecule has 0 aliphatic rings. The van der Waals surface area contributed by atoms with Crippen molar-refractivity contribution in [2.75, 3.05) is 13.2 Å². The molecule has 41 heavy (non-hydrogen) atoms. The van der Waals surface area contributed by atoms with Gasteiger partial charge >= 0.3 is 5.69 Å². The summed E-state index contributed by atoms with van der Waals surface area (Å²) in [5.74, 6) is 0. The molecule has 0 aliphatic carbocycles. The molecule has 0 amide bonds. The Hall–Kier alpha value is -2.22. The molecule has 2 unspecified atom stereocenters. The molecule has 0 bridgehead atoms. The monoisotopic (exact) mass is 572 g/mol. The number of benzene rings is 1. The molecule has 0 spiro atoms. The van der Waals surface area contributed by atoms with E-state index in [2.05, 4.69) is 26.0 Å². The van der Waals surface area contributed by atoms with Crippen LogP contribution < -0.4 is 11.2 Å². The summed E-state index contributed by atoms with van der Waals surface area (Å²) < 4.78 is 15.1. The summed E-state index contributed by atoms with van der Waals surface area (Å²) in [6.45, 7) is 5.64. The highest BCUT2D eigenvalue weighted by Gasteiger charge is 2.19. The van der Waals surface area contributed by atoms with Crippen LogP contribution in [0, 0.1) is 0 Å². The van der Waals surface area contributed by atoms with Gasteiger partial charge in [0.25, 0.3) is 5.56 Å². The number of hydrogen-bond donors (Lipinski definition) is 1. The fraction of sp³-hybridized carbons (Fsp3) is 0.706. The lowest BCUT2D eigenvalue weighted by atomic mass is 10.0. The van der Waals surface area contributed by atoms with Gasteiger partial charge in [0.05, 0.1) is 32.0 Å². The van der Waals surface area contributed by atoms with E-state index in [-0.39, 0.29) is 30.9 Å². The Kier molecular flexibility index (Phi) is 19.1. The molecule has 0 fully saturated rings. The minimum absolute atomic E-state index is 0.00642. The highest BCUT2D eigenvalue weighted by molar-refractivity contribution is 5.13. The quantitative estimate of drug-likeness (QED) is 0.131. The third kappa shape index (κ3) is 15.0. The Morgan fingerprint density at radius 3 is 1.98 bits per heavy atom. The standard InChI is InChI=1S/C34H56N2O5/c1-3-4-5-6-7-8-9-10-11-12-13-14-18-22-32(30(2)41-29-31-20-16-15-17-21-31)40-28-19-24-35-25-23-33(38)36(26-27-37)34(35)39/h15-17,20-21,23,25,30,32,37H,3-14,18-19,22,24,26-29H2,1-2H3. The van der Waals surface area contributed by atoms with Crippen molar-refractivity contribution in [1.29, 1.82) is 0 Å². The van der Waals surface area contributed by atoms with Gasteiger partial charge in [0.15, 0.2) is 0 Å². The van der Waals surface area contributed by atoms with Gasteiger partial charge in [0, 0.05) is 25.4 Å². The molecule has 0 radical (unpaired) electrons. The Labute approximate surface area is 247 Å². The van der Waals surface area contributed by atoms with E-state index < -0.39 is 5.69 Å². The summed E-state index contributed by atoms with van der Waals surface area (Å²) in [6, 6.07) is 11.6. The fourth-order valence-electron chi connectivity index (χ4n) is 5.23. The molecule has 0 aliphatic heterocycles. The third-order valence-corrected chi connectivity index (χ3v) is 7.81. The van der Waals surface area contributed by atoms with Gasteiger partial charge < -0.3 is 19.1 Å². The molecular weight excluding hydrogens is 516 g/mol. The summed E-state index contributed by atoms with van der Waals surface area (Å²) >= 11 is 0. The molecule has 1 aromatic carbocycles. The average molecular weight is 573 g/mol. The van der Waals surface area contributed by atoms with Crippen LogP contribution in [0.2, 0.25) is 0 Å². The van der Waals surface area contributed by atoms with E-state index in [1.54, 1.807) is 0 Å². The van der Waals surface area contributed by atoms with Gasteiger partial charge in [0.2, 0.25) is 0 Å². The summed E-state index contributed by atoms with van der Waals surface area (Å²) in [5.41, 5.74) is 0.366. The van der Waals surface area contributed by atoms with Crippen LogP contribution in [-0.4, -0.2) is 39.7 Å². The number of aliphatic hydroxyl groups excluding tert-OH is 1. The summed E-state index contributed by atoms with van der Waals surface area (Å²) in [6.07, 6.45) is 20.4. The zero-order valence-corrected chi connectivity index (χ0v) is 25.8. The van der Waals surface area contributed by atoms with Crippen molar-refractivity contribution in [2.24, 2.45) is 0 Å². The molecule has 232 valence electrons. The van der Waals surface area contributed by atoms with E-state index in [1.807, 2.05) is 18.2 Å². The number of nitrogens with zero attached hydrogens (tertiary/aromatic N) is 2. The van der Waals surface area contributed by atoms with Crippen molar-refractivity contribution < 1.29 is 14.6 Å². The molecule has 2 rings (SSSR count). The summed E-state index contributed by atoms with van der Waals surface area (Å²) in [7, 11) is 0. The second kappa shape index (κ2) is 22.4. The average Bonchev–Trinajstić information content (AvgIpc) is 2.98. The molecule has 2 atom stereocenters. The number of hydrogen-bond acceptors (Lipinski definition) is 5. The summed E-state index contributed by atoms with van der Waals surface area (Å²) in [4.78, 5) is 24.4. The van der Waals surface area contributed by atoms with Crippen LogP contribution in [0.3, 0.4) is 0 Å². The fourth-order valence-corrected chi connectivity index (χ4v) is 5.23. The van der Waals surface area contributed by atoms with E-state index in [4.69, 9.17) is 14.6 Å². The lowest BCUT2D eigenvalue weighted by Gasteiger charge is -2.25. The SMILES string of the molecule is CCCCCCCCCCCCCCCC(OCCCn1ccc(=O)n(CCO)c1=O)C(C)OCc1ccccc1. The van der Waals surface area contributed by atoms with E-state index in [1.165, 1.54) is 93.9 Å². The van der Waals surface area contributed by atoms with Gasteiger partial charge in [-0.2, -0.15) is 0 Å². The zero-order valence-electron chi connectivity index (χ0n) is 25.8. The van der Waals surface area contributed by atoms with Gasteiger partial charge in [-0.1, -0.05) is 121 Å². The minimum atomic E-state index is -0.394. The van der Waals surface area contributed by atoms with E-state index >= 15 is 0 Å². The molecule has 2 aromatic rings. The maximum Gasteiger partial charge on any atom is 0.331 e. The van der Waals surface area contributed by atoms with Gasteiger partial charge in [-0.15, -0.1) is 0 Å². The Balaban J connectivity index is 1.72. The van der Waals surface area contributed by atoms with Gasteiger partial charge in [-0.05, 0) is 25.3 Å². The molecular formula is C34H56N2O5. The van der Waals surface area contributed by atoms with Crippen LogP contribution in [0.4, 0.5) is 0 Å². The van der Waals surface area contributed by atoms with Crippen LogP contribution in [0.1, 0.15) is 116 Å². The normalized spacial score (nSPS) is 13.0.